The maximum Gasteiger partial charge on any atom is 0.264 e. The van der Waals surface area contributed by atoms with Crippen molar-refractivity contribution in [3.05, 3.63) is 89.5 Å². The van der Waals surface area contributed by atoms with Crippen molar-refractivity contribution in [2.75, 3.05) is 6.54 Å². The number of carbonyl (C=O) groups is 2. The molecule has 2 heterocycles. The van der Waals surface area contributed by atoms with Crippen molar-refractivity contribution < 1.29 is 14.0 Å². The highest BCUT2D eigenvalue weighted by molar-refractivity contribution is 7.17. The first-order chi connectivity index (χ1) is 14.7. The minimum atomic E-state index is -0.348. The van der Waals surface area contributed by atoms with E-state index in [0.717, 1.165) is 11.1 Å². The maximum absolute atomic E-state index is 12.8. The van der Waals surface area contributed by atoms with Crippen LogP contribution in [0, 0.1) is 0 Å². The highest BCUT2D eigenvalue weighted by Crippen LogP contribution is 2.34. The van der Waals surface area contributed by atoms with Crippen LogP contribution in [0.4, 0.5) is 0 Å². The van der Waals surface area contributed by atoms with E-state index in [2.05, 4.69) is 15.6 Å². The Morgan fingerprint density at radius 2 is 1.63 bits per heavy atom. The van der Waals surface area contributed by atoms with E-state index in [1.165, 1.54) is 11.3 Å². The van der Waals surface area contributed by atoms with Gasteiger partial charge < -0.3 is 15.1 Å². The summed E-state index contributed by atoms with van der Waals surface area (Å²) >= 11 is 1.23. The molecule has 150 valence electrons. The molecule has 0 aliphatic rings. The van der Waals surface area contributed by atoms with Gasteiger partial charge in [0, 0.05) is 12.1 Å². The molecule has 0 fully saturated rings. The van der Waals surface area contributed by atoms with Gasteiger partial charge >= 0.3 is 0 Å². The minimum absolute atomic E-state index is 0.117. The number of nitrogens with zero attached hydrogens (tertiary/aromatic N) is 1. The molecule has 0 saturated heterocycles. The zero-order valence-electron chi connectivity index (χ0n) is 16.0. The molecule has 30 heavy (non-hydrogen) atoms. The Morgan fingerprint density at radius 1 is 0.900 bits per heavy atom. The monoisotopic (exact) mass is 417 g/mol. The first-order valence-corrected chi connectivity index (χ1v) is 10.2. The minimum Gasteiger partial charge on any atom is -0.462 e. The number of carbonyl (C=O) groups excluding carboxylic acids is 2. The van der Waals surface area contributed by atoms with Crippen molar-refractivity contribution in [3.8, 4) is 22.0 Å². The zero-order chi connectivity index (χ0) is 20.8. The Kier molecular flexibility index (Phi) is 6.01. The number of furan rings is 1. The van der Waals surface area contributed by atoms with E-state index in [1.54, 1.807) is 18.4 Å². The van der Waals surface area contributed by atoms with Gasteiger partial charge in [-0.2, -0.15) is 0 Å². The fourth-order valence-corrected chi connectivity index (χ4v) is 3.84. The van der Waals surface area contributed by atoms with Crippen molar-refractivity contribution in [2.45, 2.75) is 6.54 Å². The Labute approximate surface area is 177 Å². The summed E-state index contributed by atoms with van der Waals surface area (Å²) in [5.74, 6) is -0.0138. The van der Waals surface area contributed by atoms with Gasteiger partial charge in [-0.3, -0.25) is 9.59 Å². The van der Waals surface area contributed by atoms with Gasteiger partial charge in [0.25, 0.3) is 5.91 Å². The average Bonchev–Trinajstić information content (AvgIpc) is 3.47. The summed E-state index contributed by atoms with van der Waals surface area (Å²) in [5.41, 5.74) is 2.38. The van der Waals surface area contributed by atoms with Gasteiger partial charge in [-0.1, -0.05) is 60.7 Å². The lowest BCUT2D eigenvalue weighted by atomic mass is 10.1. The molecule has 7 heteroatoms. The summed E-state index contributed by atoms with van der Waals surface area (Å²) in [7, 11) is 0. The molecule has 0 spiro atoms. The lowest BCUT2D eigenvalue weighted by Gasteiger charge is -2.07. The zero-order valence-corrected chi connectivity index (χ0v) is 16.8. The molecule has 6 nitrogen and oxygen atoms in total. The summed E-state index contributed by atoms with van der Waals surface area (Å²) < 4.78 is 5.43. The van der Waals surface area contributed by atoms with E-state index in [-0.39, 0.29) is 18.4 Å². The molecule has 0 aliphatic heterocycles. The normalized spacial score (nSPS) is 10.5. The Balaban J connectivity index is 1.47. The lowest BCUT2D eigenvalue weighted by molar-refractivity contribution is -0.120. The van der Waals surface area contributed by atoms with E-state index in [4.69, 9.17) is 4.42 Å². The van der Waals surface area contributed by atoms with E-state index in [0.29, 0.717) is 27.9 Å². The number of benzene rings is 2. The third kappa shape index (κ3) is 4.64. The maximum atomic E-state index is 12.8. The molecular formula is C23H19N3O3S. The van der Waals surface area contributed by atoms with Crippen molar-refractivity contribution in [3.63, 3.8) is 0 Å². The third-order valence-corrected chi connectivity index (χ3v) is 5.42. The molecule has 4 aromatic rings. The number of aromatic nitrogens is 1. The molecule has 0 bridgehead atoms. The van der Waals surface area contributed by atoms with E-state index < -0.39 is 0 Å². The first kappa shape index (κ1) is 19.6. The van der Waals surface area contributed by atoms with Crippen LogP contribution >= 0.6 is 11.3 Å². The molecule has 2 aromatic carbocycles. The van der Waals surface area contributed by atoms with Crippen LogP contribution in [0.1, 0.15) is 15.2 Å². The second-order valence-corrected chi connectivity index (χ2v) is 7.48. The second kappa shape index (κ2) is 9.19. The fourth-order valence-electron chi connectivity index (χ4n) is 2.87. The second-order valence-electron chi connectivity index (χ2n) is 6.49. The van der Waals surface area contributed by atoms with Crippen LogP contribution in [0.3, 0.4) is 0 Å². The van der Waals surface area contributed by atoms with Crippen molar-refractivity contribution in [2.24, 2.45) is 0 Å². The number of hydrogen-bond donors (Lipinski definition) is 2. The number of hydrogen-bond acceptors (Lipinski definition) is 5. The molecular weight excluding hydrogens is 398 g/mol. The van der Waals surface area contributed by atoms with Crippen LogP contribution in [-0.4, -0.2) is 23.3 Å². The summed E-state index contributed by atoms with van der Waals surface area (Å²) in [5, 5.41) is 6.10. The number of rotatable bonds is 7. The molecule has 0 radical (unpaired) electrons. The van der Waals surface area contributed by atoms with Crippen LogP contribution < -0.4 is 10.6 Å². The number of thiazole rings is 1. The standard InChI is InChI=1S/C23H19N3O3S/c27-19(24-14-16-8-3-1-4-9-16)15-25-22(28)21-20(17-10-5-2-6-11-17)26-23(30-21)18-12-7-13-29-18/h1-13H,14-15H2,(H,24,27)(H,25,28). The van der Waals surface area contributed by atoms with E-state index in [9.17, 15) is 9.59 Å². The average molecular weight is 417 g/mol. The van der Waals surface area contributed by atoms with Crippen LogP contribution in [-0.2, 0) is 11.3 Å². The third-order valence-electron chi connectivity index (χ3n) is 4.35. The molecule has 4 rings (SSSR count). The lowest BCUT2D eigenvalue weighted by Crippen LogP contribution is -2.36. The highest BCUT2D eigenvalue weighted by atomic mass is 32.1. The summed E-state index contributed by atoms with van der Waals surface area (Å²) in [4.78, 5) is 30.0. The number of nitrogens with one attached hydrogen (secondary N) is 2. The van der Waals surface area contributed by atoms with Gasteiger partial charge in [0.2, 0.25) is 5.91 Å². The summed E-state index contributed by atoms with van der Waals surface area (Å²) in [6.45, 7) is 0.294. The van der Waals surface area contributed by atoms with Crippen LogP contribution in [0.15, 0.2) is 83.5 Å². The molecule has 0 atom stereocenters. The van der Waals surface area contributed by atoms with Crippen LogP contribution in [0.2, 0.25) is 0 Å². The van der Waals surface area contributed by atoms with Gasteiger partial charge in [0.05, 0.1) is 18.5 Å². The van der Waals surface area contributed by atoms with Crippen LogP contribution in [0.5, 0.6) is 0 Å². The topological polar surface area (TPSA) is 84.2 Å². The van der Waals surface area contributed by atoms with Crippen LogP contribution in [0.25, 0.3) is 22.0 Å². The number of amides is 2. The molecule has 2 aromatic heterocycles. The molecule has 2 N–H and O–H groups in total. The largest absolute Gasteiger partial charge is 0.462 e. The van der Waals surface area contributed by atoms with Crippen molar-refractivity contribution in [1.29, 1.82) is 0 Å². The van der Waals surface area contributed by atoms with E-state index in [1.807, 2.05) is 60.7 Å². The smallest absolute Gasteiger partial charge is 0.264 e. The highest BCUT2D eigenvalue weighted by Gasteiger charge is 2.21. The fraction of sp³-hybridized carbons (Fsp3) is 0.0870. The first-order valence-electron chi connectivity index (χ1n) is 9.39. The Bertz CT molecular complexity index is 1120. The SMILES string of the molecule is O=C(CNC(=O)c1sc(-c2ccco2)nc1-c1ccccc1)NCc1ccccc1. The Morgan fingerprint density at radius 3 is 2.33 bits per heavy atom. The molecule has 0 aliphatic carbocycles. The molecule has 0 saturated carbocycles. The molecule has 0 unspecified atom stereocenters. The van der Waals surface area contributed by atoms with Gasteiger partial charge in [0.1, 0.15) is 4.88 Å². The van der Waals surface area contributed by atoms with Crippen molar-refractivity contribution >= 4 is 23.2 Å². The van der Waals surface area contributed by atoms with Gasteiger partial charge in [-0.15, -0.1) is 11.3 Å². The van der Waals surface area contributed by atoms with Gasteiger partial charge in [0.15, 0.2) is 10.8 Å². The molecule has 2 amide bonds. The summed E-state index contributed by atoms with van der Waals surface area (Å²) in [6, 6.07) is 22.6. The van der Waals surface area contributed by atoms with Gasteiger partial charge in [-0.25, -0.2) is 4.98 Å². The summed E-state index contributed by atoms with van der Waals surface area (Å²) in [6.07, 6.45) is 1.57. The van der Waals surface area contributed by atoms with E-state index >= 15 is 0 Å². The predicted octanol–water partition coefficient (Wildman–Crippen LogP) is 4.12. The predicted molar refractivity (Wildman–Crippen MR) is 116 cm³/mol. The van der Waals surface area contributed by atoms with Crippen molar-refractivity contribution in [1.82, 2.24) is 15.6 Å². The quantitative estimate of drug-likeness (QED) is 0.474. The van der Waals surface area contributed by atoms with Gasteiger partial charge in [-0.05, 0) is 17.7 Å². The Hall–Kier alpha value is -3.71.